The summed E-state index contributed by atoms with van der Waals surface area (Å²) >= 11 is 0. The van der Waals surface area contributed by atoms with E-state index in [4.69, 9.17) is 0 Å². The molecule has 2 heterocycles. The van der Waals surface area contributed by atoms with Crippen LogP contribution in [0.1, 0.15) is 16.8 Å². The molecule has 0 saturated carbocycles. The molecule has 0 aliphatic heterocycles. The highest BCUT2D eigenvalue weighted by Gasteiger charge is 2.18. The third kappa shape index (κ3) is 1.72. The van der Waals surface area contributed by atoms with E-state index in [1.54, 1.807) is 13.8 Å². The van der Waals surface area contributed by atoms with Crippen molar-refractivity contribution in [1.82, 2.24) is 19.6 Å². The van der Waals surface area contributed by atoms with Crippen molar-refractivity contribution in [3.8, 4) is 11.1 Å². The van der Waals surface area contributed by atoms with Crippen molar-refractivity contribution in [2.45, 2.75) is 20.8 Å². The number of nitrogens with one attached hydrogen (secondary N) is 1. The monoisotopic (exact) mass is 272 g/mol. The highest BCUT2D eigenvalue weighted by Crippen LogP contribution is 2.27. The topological polar surface area (TPSA) is 63.1 Å². The van der Waals surface area contributed by atoms with Crippen molar-refractivity contribution in [2.75, 3.05) is 0 Å². The standard InChI is InChI=1S/C14H13FN4O/c1-7-4-8(2)11(10(15)5-7)12-9(3)18-14-16-6-17-19(14)13(12)20/h4-6H,1-3H3,(H,16,17,18). The summed E-state index contributed by atoms with van der Waals surface area (Å²) in [6.07, 6.45) is 1.38. The van der Waals surface area contributed by atoms with Gasteiger partial charge in [-0.15, -0.1) is 0 Å². The van der Waals surface area contributed by atoms with Crippen molar-refractivity contribution < 1.29 is 4.39 Å². The molecule has 2 aromatic heterocycles. The quantitative estimate of drug-likeness (QED) is 0.738. The van der Waals surface area contributed by atoms with Gasteiger partial charge < -0.3 is 0 Å². The second-order valence-electron chi connectivity index (χ2n) is 4.84. The first kappa shape index (κ1) is 12.5. The summed E-state index contributed by atoms with van der Waals surface area (Å²) in [6.45, 7) is 5.28. The lowest BCUT2D eigenvalue weighted by atomic mass is 9.98. The summed E-state index contributed by atoms with van der Waals surface area (Å²) in [4.78, 5) is 20.7. The van der Waals surface area contributed by atoms with E-state index >= 15 is 0 Å². The number of nitrogens with zero attached hydrogens (tertiary/aromatic N) is 3. The fourth-order valence-electron chi connectivity index (χ4n) is 2.48. The molecule has 0 fully saturated rings. The van der Waals surface area contributed by atoms with E-state index in [1.807, 2.05) is 13.0 Å². The zero-order valence-electron chi connectivity index (χ0n) is 11.4. The Morgan fingerprint density at radius 2 is 1.95 bits per heavy atom. The Morgan fingerprint density at radius 1 is 1.20 bits per heavy atom. The van der Waals surface area contributed by atoms with Gasteiger partial charge in [0.1, 0.15) is 12.1 Å². The van der Waals surface area contributed by atoms with Crippen LogP contribution < -0.4 is 5.56 Å². The van der Waals surface area contributed by atoms with Gasteiger partial charge in [0.25, 0.3) is 11.3 Å². The molecule has 1 N–H and O–H groups in total. The summed E-state index contributed by atoms with van der Waals surface area (Å²) < 4.78 is 15.5. The molecular formula is C14H13FN4O. The van der Waals surface area contributed by atoms with Gasteiger partial charge in [-0.1, -0.05) is 6.07 Å². The van der Waals surface area contributed by atoms with Crippen LogP contribution in [0.3, 0.4) is 0 Å². The number of halogens is 1. The number of hydrogen-bond donors (Lipinski definition) is 1. The zero-order chi connectivity index (χ0) is 14.4. The highest BCUT2D eigenvalue weighted by atomic mass is 19.1. The minimum atomic E-state index is -0.413. The van der Waals surface area contributed by atoms with Crippen molar-refractivity contribution >= 4 is 5.78 Å². The lowest BCUT2D eigenvalue weighted by Gasteiger charge is -2.10. The van der Waals surface area contributed by atoms with Crippen LogP contribution in [0.15, 0.2) is 23.3 Å². The van der Waals surface area contributed by atoms with Gasteiger partial charge in [0.05, 0.1) is 11.3 Å². The summed E-state index contributed by atoms with van der Waals surface area (Å²) in [5.41, 5.74) is 2.21. The molecule has 5 nitrogen and oxygen atoms in total. The van der Waals surface area contributed by atoms with E-state index in [0.717, 1.165) is 5.56 Å². The number of aromatic nitrogens is 4. The molecule has 0 atom stereocenters. The van der Waals surface area contributed by atoms with Crippen LogP contribution in [0.4, 0.5) is 4.39 Å². The molecule has 0 unspecified atom stereocenters. The van der Waals surface area contributed by atoms with Crippen LogP contribution >= 0.6 is 0 Å². The largest absolute Gasteiger partial charge is 0.282 e. The lowest BCUT2D eigenvalue weighted by molar-refractivity contribution is 0.628. The second kappa shape index (κ2) is 4.26. The Balaban J connectivity index is 2.44. The maximum atomic E-state index is 14.3. The molecule has 0 saturated heterocycles. The van der Waals surface area contributed by atoms with Gasteiger partial charge >= 0.3 is 0 Å². The predicted molar refractivity (Wildman–Crippen MR) is 73.2 cm³/mol. The first-order valence-electron chi connectivity index (χ1n) is 6.19. The second-order valence-corrected chi connectivity index (χ2v) is 4.84. The summed E-state index contributed by atoms with van der Waals surface area (Å²) in [5.74, 6) is -0.134. The third-order valence-electron chi connectivity index (χ3n) is 3.30. The number of aromatic amines is 1. The Bertz CT molecular complexity index is 855. The van der Waals surface area contributed by atoms with E-state index in [1.165, 1.54) is 16.9 Å². The molecule has 3 aromatic rings. The van der Waals surface area contributed by atoms with Gasteiger partial charge in [-0.25, -0.2) is 14.4 Å². The molecule has 0 amide bonds. The third-order valence-corrected chi connectivity index (χ3v) is 3.30. The molecule has 20 heavy (non-hydrogen) atoms. The molecule has 3 rings (SSSR count). The molecule has 6 heteroatoms. The smallest absolute Gasteiger partial charge is 0.278 e. The number of fused-ring (bicyclic) bond motifs is 1. The van der Waals surface area contributed by atoms with Gasteiger partial charge in [-0.3, -0.25) is 9.89 Å². The van der Waals surface area contributed by atoms with Crippen molar-refractivity contribution in [3.05, 3.63) is 51.5 Å². The van der Waals surface area contributed by atoms with Crippen molar-refractivity contribution in [1.29, 1.82) is 0 Å². The number of H-pyrrole nitrogens is 1. The number of hydrogen-bond acceptors (Lipinski definition) is 3. The molecule has 0 radical (unpaired) electrons. The predicted octanol–water partition coefficient (Wildman–Crippen LogP) is 2.15. The van der Waals surface area contributed by atoms with Crippen LogP contribution in [0.25, 0.3) is 16.9 Å². The molecule has 1 aromatic carbocycles. The fraction of sp³-hybridized carbons (Fsp3) is 0.214. The molecule has 0 spiro atoms. The maximum absolute atomic E-state index is 14.3. The maximum Gasteiger partial charge on any atom is 0.282 e. The number of benzene rings is 1. The van der Waals surface area contributed by atoms with E-state index < -0.39 is 5.82 Å². The number of rotatable bonds is 1. The van der Waals surface area contributed by atoms with E-state index in [-0.39, 0.29) is 16.9 Å². The Hall–Kier alpha value is -2.50. The molecule has 0 aliphatic carbocycles. The summed E-state index contributed by atoms with van der Waals surface area (Å²) in [6, 6.07) is 3.27. The van der Waals surface area contributed by atoms with Crippen LogP contribution in [0.5, 0.6) is 0 Å². The number of aryl methyl sites for hydroxylation is 3. The molecule has 0 aliphatic rings. The molecule has 102 valence electrons. The van der Waals surface area contributed by atoms with Gasteiger partial charge in [-0.05, 0) is 38.0 Å². The van der Waals surface area contributed by atoms with Gasteiger partial charge in [0.2, 0.25) is 0 Å². The van der Waals surface area contributed by atoms with Crippen LogP contribution in [0, 0.1) is 26.6 Å². The average molecular weight is 272 g/mol. The average Bonchev–Trinajstić information content (AvgIpc) is 2.80. The zero-order valence-corrected chi connectivity index (χ0v) is 11.4. The normalized spacial score (nSPS) is 11.2. The summed E-state index contributed by atoms with van der Waals surface area (Å²) in [7, 11) is 0. The van der Waals surface area contributed by atoms with Gasteiger partial charge in [0, 0.05) is 5.56 Å². The van der Waals surface area contributed by atoms with Crippen LogP contribution in [0.2, 0.25) is 0 Å². The lowest BCUT2D eigenvalue weighted by Crippen LogP contribution is -2.20. The first-order chi connectivity index (χ1) is 9.49. The van der Waals surface area contributed by atoms with Crippen molar-refractivity contribution in [3.63, 3.8) is 0 Å². The van der Waals surface area contributed by atoms with Gasteiger partial charge in [0.15, 0.2) is 0 Å². The molecular weight excluding hydrogens is 259 g/mol. The summed E-state index contributed by atoms with van der Waals surface area (Å²) in [5, 5.41) is 2.68. The minimum Gasteiger partial charge on any atom is -0.278 e. The highest BCUT2D eigenvalue weighted by molar-refractivity contribution is 5.70. The SMILES string of the molecule is Cc1cc(C)c(-c2c(C)nc3nc[nH]n3c2=O)c(F)c1. The Kier molecular flexibility index (Phi) is 2.67. The van der Waals surface area contributed by atoms with Crippen LogP contribution in [-0.2, 0) is 0 Å². The first-order valence-corrected chi connectivity index (χ1v) is 6.19. The fourth-order valence-corrected chi connectivity index (χ4v) is 2.48. The molecule has 0 bridgehead atoms. The van der Waals surface area contributed by atoms with E-state index in [0.29, 0.717) is 16.8 Å². The van der Waals surface area contributed by atoms with Gasteiger partial charge in [-0.2, -0.15) is 4.52 Å². The Labute approximate surface area is 114 Å². The minimum absolute atomic E-state index is 0.266. The van der Waals surface area contributed by atoms with E-state index in [9.17, 15) is 9.18 Å². The van der Waals surface area contributed by atoms with Crippen molar-refractivity contribution in [2.24, 2.45) is 0 Å². The Morgan fingerprint density at radius 3 is 2.65 bits per heavy atom. The van der Waals surface area contributed by atoms with Crippen LogP contribution in [-0.4, -0.2) is 19.6 Å². The van der Waals surface area contributed by atoms with E-state index in [2.05, 4.69) is 15.1 Å².